The number of benzene rings is 1. The summed E-state index contributed by atoms with van der Waals surface area (Å²) >= 11 is 0. The van der Waals surface area contributed by atoms with Crippen molar-refractivity contribution in [2.45, 2.75) is 32.7 Å². The topological polar surface area (TPSA) is 120 Å². The molecule has 0 saturated carbocycles. The smallest absolute Gasteiger partial charge is 0.224 e. The number of hydrogen-bond donors (Lipinski definition) is 4. The summed E-state index contributed by atoms with van der Waals surface area (Å²) in [6.07, 6.45) is 0.0969. The van der Waals surface area contributed by atoms with Crippen LogP contribution in [-0.4, -0.2) is 32.1 Å². The number of phenols is 1. The first-order valence-electron chi connectivity index (χ1n) is 7.21. The highest BCUT2D eigenvalue weighted by atomic mass is 16.3. The number of aromatic hydroxyl groups is 1. The molecule has 1 aromatic heterocycles. The number of aryl methyl sites for hydroxylation is 1. The van der Waals surface area contributed by atoms with E-state index in [0.29, 0.717) is 17.3 Å². The summed E-state index contributed by atoms with van der Waals surface area (Å²) in [6.45, 7) is 3.55. The summed E-state index contributed by atoms with van der Waals surface area (Å²) in [4.78, 5) is 27.8. The summed E-state index contributed by atoms with van der Waals surface area (Å²) < 4.78 is 0. The van der Waals surface area contributed by atoms with Gasteiger partial charge in [0.05, 0.1) is 6.04 Å². The van der Waals surface area contributed by atoms with Gasteiger partial charge < -0.3 is 15.7 Å². The van der Waals surface area contributed by atoms with Gasteiger partial charge in [-0.2, -0.15) is 5.10 Å². The van der Waals surface area contributed by atoms with Crippen LogP contribution in [0.3, 0.4) is 0 Å². The molecule has 0 saturated heterocycles. The Morgan fingerprint density at radius 3 is 2.70 bits per heavy atom. The maximum absolute atomic E-state index is 11.8. The number of phenolic OH excluding ortho intramolecular Hbond substituents is 1. The number of carbonyl (C=O) groups excluding carboxylic acids is 2. The van der Waals surface area contributed by atoms with Crippen LogP contribution in [0, 0.1) is 6.92 Å². The van der Waals surface area contributed by atoms with E-state index in [1.165, 1.54) is 12.1 Å². The predicted octanol–water partition coefficient (Wildman–Crippen LogP) is 1.41. The number of hydrogen-bond acceptors (Lipinski definition) is 5. The molecule has 4 N–H and O–H groups in total. The van der Waals surface area contributed by atoms with E-state index in [1.807, 2.05) is 0 Å². The molecule has 0 bridgehead atoms. The second-order valence-electron chi connectivity index (χ2n) is 5.17. The van der Waals surface area contributed by atoms with Gasteiger partial charge in [-0.1, -0.05) is 6.07 Å². The Bertz CT molecular complexity index is 698. The Morgan fingerprint density at radius 1 is 1.30 bits per heavy atom. The van der Waals surface area contributed by atoms with Crippen molar-refractivity contribution < 1.29 is 14.7 Å². The van der Waals surface area contributed by atoms with Crippen molar-refractivity contribution in [1.82, 2.24) is 20.5 Å². The lowest BCUT2D eigenvalue weighted by Crippen LogP contribution is -2.28. The molecule has 1 aromatic carbocycles. The molecule has 1 unspecified atom stereocenters. The zero-order chi connectivity index (χ0) is 16.8. The van der Waals surface area contributed by atoms with Crippen LogP contribution < -0.4 is 10.6 Å². The lowest BCUT2D eigenvalue weighted by atomic mass is 10.2. The average molecular weight is 317 g/mol. The van der Waals surface area contributed by atoms with Crippen molar-refractivity contribution in [1.29, 1.82) is 0 Å². The minimum Gasteiger partial charge on any atom is -0.508 e. The first-order chi connectivity index (χ1) is 10.9. The number of nitrogens with zero attached hydrogens (tertiary/aromatic N) is 2. The van der Waals surface area contributed by atoms with Gasteiger partial charge in [0.25, 0.3) is 0 Å². The van der Waals surface area contributed by atoms with Gasteiger partial charge in [-0.25, -0.2) is 4.98 Å². The van der Waals surface area contributed by atoms with Gasteiger partial charge in [-0.05, 0) is 26.0 Å². The maximum Gasteiger partial charge on any atom is 0.224 e. The quantitative estimate of drug-likeness (QED) is 0.642. The largest absolute Gasteiger partial charge is 0.508 e. The molecule has 8 nitrogen and oxygen atoms in total. The van der Waals surface area contributed by atoms with E-state index in [0.717, 1.165) is 0 Å². The molecule has 0 aliphatic rings. The lowest BCUT2D eigenvalue weighted by Gasteiger charge is -2.10. The lowest BCUT2D eigenvalue weighted by molar-refractivity contribution is -0.124. The molecule has 0 aliphatic heterocycles. The molecule has 0 aliphatic carbocycles. The van der Waals surface area contributed by atoms with Crippen molar-refractivity contribution in [3.05, 3.63) is 35.9 Å². The van der Waals surface area contributed by atoms with Gasteiger partial charge in [0.15, 0.2) is 5.82 Å². The SMILES string of the molecule is Cc1nc(C(C)NC(=O)CCC(=O)Nc2cccc(O)c2)n[nH]1. The minimum absolute atomic E-state index is 0.0429. The Morgan fingerprint density at radius 2 is 2.04 bits per heavy atom. The fourth-order valence-electron chi connectivity index (χ4n) is 1.97. The van der Waals surface area contributed by atoms with Gasteiger partial charge in [-0.15, -0.1) is 0 Å². The van der Waals surface area contributed by atoms with E-state index < -0.39 is 0 Å². The molecule has 2 rings (SSSR count). The zero-order valence-corrected chi connectivity index (χ0v) is 13.0. The molecule has 0 radical (unpaired) electrons. The van der Waals surface area contributed by atoms with Crippen LogP contribution in [0.5, 0.6) is 5.75 Å². The first kappa shape index (κ1) is 16.5. The number of carbonyl (C=O) groups is 2. The maximum atomic E-state index is 11.8. The van der Waals surface area contributed by atoms with E-state index in [9.17, 15) is 14.7 Å². The highest BCUT2D eigenvalue weighted by molar-refractivity contribution is 5.93. The number of amides is 2. The van der Waals surface area contributed by atoms with Crippen LogP contribution in [0.1, 0.15) is 37.5 Å². The highest BCUT2D eigenvalue weighted by Gasteiger charge is 2.14. The Hall–Kier alpha value is -2.90. The van der Waals surface area contributed by atoms with Gasteiger partial charge in [-0.3, -0.25) is 14.7 Å². The number of nitrogens with one attached hydrogen (secondary N) is 3. The van der Waals surface area contributed by atoms with Crippen LogP contribution in [0.2, 0.25) is 0 Å². The van der Waals surface area contributed by atoms with Crippen molar-refractivity contribution >= 4 is 17.5 Å². The number of H-pyrrole nitrogens is 1. The number of rotatable bonds is 6. The third-order valence-corrected chi connectivity index (χ3v) is 3.09. The Kier molecular flexibility index (Phi) is 5.29. The molecular weight excluding hydrogens is 298 g/mol. The fourth-order valence-corrected chi connectivity index (χ4v) is 1.97. The molecule has 1 heterocycles. The summed E-state index contributed by atoms with van der Waals surface area (Å²) in [7, 11) is 0. The normalized spacial score (nSPS) is 11.7. The molecule has 0 spiro atoms. The van der Waals surface area contributed by atoms with E-state index >= 15 is 0 Å². The van der Waals surface area contributed by atoms with Crippen LogP contribution in [-0.2, 0) is 9.59 Å². The van der Waals surface area contributed by atoms with Crippen LogP contribution in [0.4, 0.5) is 5.69 Å². The van der Waals surface area contributed by atoms with Crippen LogP contribution in [0.15, 0.2) is 24.3 Å². The molecule has 2 aromatic rings. The van der Waals surface area contributed by atoms with Crippen LogP contribution >= 0.6 is 0 Å². The Balaban J connectivity index is 1.76. The van der Waals surface area contributed by atoms with Crippen molar-refractivity contribution in [2.24, 2.45) is 0 Å². The van der Waals surface area contributed by atoms with Gasteiger partial charge in [0.1, 0.15) is 11.6 Å². The van der Waals surface area contributed by atoms with Crippen molar-refractivity contribution in [3.63, 3.8) is 0 Å². The Labute approximate surface area is 133 Å². The minimum atomic E-state index is -0.332. The monoisotopic (exact) mass is 317 g/mol. The number of aromatic nitrogens is 3. The summed E-state index contributed by atoms with van der Waals surface area (Å²) in [6, 6.07) is 5.89. The molecule has 23 heavy (non-hydrogen) atoms. The fraction of sp³-hybridized carbons (Fsp3) is 0.333. The average Bonchev–Trinajstić information content (AvgIpc) is 2.92. The van der Waals surface area contributed by atoms with Crippen molar-refractivity contribution in [2.75, 3.05) is 5.32 Å². The molecule has 8 heteroatoms. The third-order valence-electron chi connectivity index (χ3n) is 3.09. The summed E-state index contributed by atoms with van der Waals surface area (Å²) in [5, 5.41) is 21.4. The summed E-state index contributed by atoms with van der Waals surface area (Å²) in [5.74, 6) is 0.681. The molecule has 122 valence electrons. The zero-order valence-electron chi connectivity index (χ0n) is 13.0. The van der Waals surface area contributed by atoms with Gasteiger partial charge in [0.2, 0.25) is 11.8 Å². The highest BCUT2D eigenvalue weighted by Crippen LogP contribution is 2.15. The molecule has 1 atom stereocenters. The second kappa shape index (κ2) is 7.39. The first-order valence-corrected chi connectivity index (χ1v) is 7.21. The van der Waals surface area contributed by atoms with Gasteiger partial charge >= 0.3 is 0 Å². The van der Waals surface area contributed by atoms with E-state index in [4.69, 9.17) is 0 Å². The number of anilines is 1. The van der Waals surface area contributed by atoms with Gasteiger partial charge in [0, 0.05) is 24.6 Å². The second-order valence-corrected chi connectivity index (χ2v) is 5.17. The third kappa shape index (κ3) is 5.10. The standard InChI is InChI=1S/C15H19N5O3/c1-9(15-17-10(2)19-20-15)16-13(22)6-7-14(23)18-11-4-3-5-12(21)8-11/h3-5,8-9,21H,6-7H2,1-2H3,(H,16,22)(H,18,23)(H,17,19,20). The van der Waals surface area contributed by atoms with Crippen molar-refractivity contribution in [3.8, 4) is 5.75 Å². The van der Waals surface area contributed by atoms with E-state index in [1.54, 1.807) is 26.0 Å². The molecule has 2 amide bonds. The molecular formula is C15H19N5O3. The number of aromatic amines is 1. The van der Waals surface area contributed by atoms with E-state index in [-0.39, 0.29) is 36.4 Å². The molecule has 0 fully saturated rings. The predicted molar refractivity (Wildman–Crippen MR) is 83.6 cm³/mol. The van der Waals surface area contributed by atoms with E-state index in [2.05, 4.69) is 25.8 Å². The summed E-state index contributed by atoms with van der Waals surface area (Å²) in [5.41, 5.74) is 0.486. The van der Waals surface area contributed by atoms with Crippen LogP contribution in [0.25, 0.3) is 0 Å².